The van der Waals surface area contributed by atoms with Gasteiger partial charge in [0.25, 0.3) is 11.6 Å². The van der Waals surface area contributed by atoms with Crippen molar-refractivity contribution in [3.05, 3.63) is 118 Å². The zero-order chi connectivity index (χ0) is 22.5. The van der Waals surface area contributed by atoms with Crippen LogP contribution in [0.2, 0.25) is 0 Å². The fourth-order valence-corrected chi connectivity index (χ4v) is 3.72. The fraction of sp³-hybridized carbons (Fsp3) is 0.115. The van der Waals surface area contributed by atoms with Crippen LogP contribution in [0.1, 0.15) is 21.5 Å². The van der Waals surface area contributed by atoms with Gasteiger partial charge in [0.15, 0.2) is 0 Å². The molecule has 0 saturated heterocycles. The van der Waals surface area contributed by atoms with E-state index < -0.39 is 4.92 Å². The van der Waals surface area contributed by atoms with E-state index in [1.165, 1.54) is 18.2 Å². The molecule has 32 heavy (non-hydrogen) atoms. The van der Waals surface area contributed by atoms with Crippen LogP contribution < -0.4 is 4.74 Å². The molecule has 4 aromatic rings. The van der Waals surface area contributed by atoms with E-state index in [9.17, 15) is 14.9 Å². The number of nitrogens with zero attached hydrogens (tertiary/aromatic N) is 2. The SMILES string of the molecule is COc1ccc(CN(Cc2cccc3ccccc23)C(=O)c2cccc([N+](=O)[O-])c2)cc1. The first-order chi connectivity index (χ1) is 15.5. The van der Waals surface area contributed by atoms with Crippen LogP contribution in [0, 0.1) is 10.1 Å². The molecule has 6 heteroatoms. The molecule has 0 saturated carbocycles. The molecular weight excluding hydrogens is 404 g/mol. The fourth-order valence-electron chi connectivity index (χ4n) is 3.72. The van der Waals surface area contributed by atoms with E-state index in [0.29, 0.717) is 13.1 Å². The summed E-state index contributed by atoms with van der Waals surface area (Å²) in [6, 6.07) is 27.4. The minimum atomic E-state index is -0.491. The molecule has 0 atom stereocenters. The Hall–Kier alpha value is -4.19. The standard InChI is InChI=1S/C26H22N2O4/c1-32-24-14-12-19(13-15-24)17-27(26(29)21-8-5-10-23(16-21)28(30)31)18-22-9-4-7-20-6-2-3-11-25(20)22/h2-16H,17-18H2,1H3. The number of nitro benzene ring substituents is 1. The average Bonchev–Trinajstić information content (AvgIpc) is 2.84. The van der Waals surface area contributed by atoms with Gasteiger partial charge in [-0.2, -0.15) is 0 Å². The molecule has 0 aliphatic rings. The smallest absolute Gasteiger partial charge is 0.270 e. The monoisotopic (exact) mass is 426 g/mol. The summed E-state index contributed by atoms with van der Waals surface area (Å²) in [6.07, 6.45) is 0. The minimum Gasteiger partial charge on any atom is -0.497 e. The molecule has 0 N–H and O–H groups in total. The van der Waals surface area contributed by atoms with E-state index in [0.717, 1.165) is 27.6 Å². The highest BCUT2D eigenvalue weighted by atomic mass is 16.6. The molecule has 0 bridgehead atoms. The summed E-state index contributed by atoms with van der Waals surface area (Å²) in [4.78, 5) is 25.9. The van der Waals surface area contributed by atoms with Gasteiger partial charge in [0.2, 0.25) is 0 Å². The quantitative estimate of drug-likeness (QED) is 0.285. The number of carbonyl (C=O) groups is 1. The largest absolute Gasteiger partial charge is 0.497 e. The number of ether oxygens (including phenoxy) is 1. The maximum Gasteiger partial charge on any atom is 0.270 e. The third-order valence-electron chi connectivity index (χ3n) is 5.36. The van der Waals surface area contributed by atoms with Crippen molar-refractivity contribution in [3.63, 3.8) is 0 Å². The number of fused-ring (bicyclic) bond motifs is 1. The summed E-state index contributed by atoms with van der Waals surface area (Å²) in [7, 11) is 1.60. The van der Waals surface area contributed by atoms with E-state index in [2.05, 4.69) is 0 Å². The Kier molecular flexibility index (Phi) is 6.12. The second-order valence-electron chi connectivity index (χ2n) is 7.46. The normalized spacial score (nSPS) is 10.7. The highest BCUT2D eigenvalue weighted by Gasteiger charge is 2.20. The summed E-state index contributed by atoms with van der Waals surface area (Å²) in [5.74, 6) is 0.469. The molecule has 1 amide bonds. The molecule has 0 heterocycles. The van der Waals surface area contributed by atoms with Crippen molar-refractivity contribution in [3.8, 4) is 5.75 Å². The molecule has 0 aliphatic heterocycles. The number of hydrogen-bond acceptors (Lipinski definition) is 4. The van der Waals surface area contributed by atoms with Crippen LogP contribution in [0.4, 0.5) is 5.69 Å². The Bertz CT molecular complexity index is 1260. The van der Waals surface area contributed by atoms with Crippen LogP contribution in [-0.4, -0.2) is 22.8 Å². The zero-order valence-corrected chi connectivity index (χ0v) is 17.6. The third kappa shape index (κ3) is 4.59. The van der Waals surface area contributed by atoms with Crippen molar-refractivity contribution in [2.75, 3.05) is 7.11 Å². The van der Waals surface area contributed by atoms with Crippen molar-refractivity contribution in [2.24, 2.45) is 0 Å². The van der Waals surface area contributed by atoms with Gasteiger partial charge in [-0.1, -0.05) is 60.7 Å². The molecule has 0 fully saturated rings. The molecule has 4 aromatic carbocycles. The number of amides is 1. The Morgan fingerprint density at radius 3 is 2.38 bits per heavy atom. The predicted molar refractivity (Wildman–Crippen MR) is 124 cm³/mol. The zero-order valence-electron chi connectivity index (χ0n) is 17.6. The van der Waals surface area contributed by atoms with Gasteiger partial charge in [-0.25, -0.2) is 0 Å². The van der Waals surface area contributed by atoms with Crippen LogP contribution in [0.15, 0.2) is 91.0 Å². The van der Waals surface area contributed by atoms with E-state index in [1.807, 2.05) is 66.7 Å². The van der Waals surface area contributed by atoms with Crippen molar-refractivity contribution < 1.29 is 14.5 Å². The molecule has 160 valence electrons. The van der Waals surface area contributed by atoms with E-state index in [-0.39, 0.29) is 17.2 Å². The number of methoxy groups -OCH3 is 1. The summed E-state index contributed by atoms with van der Waals surface area (Å²) in [6.45, 7) is 0.726. The third-order valence-corrected chi connectivity index (χ3v) is 5.36. The van der Waals surface area contributed by atoms with Crippen LogP contribution in [0.3, 0.4) is 0 Å². The summed E-state index contributed by atoms with van der Waals surface area (Å²) in [5, 5.41) is 13.4. The Labute approximate surface area is 185 Å². The molecule has 0 aliphatic carbocycles. The topological polar surface area (TPSA) is 72.7 Å². The predicted octanol–water partition coefficient (Wildman–Crippen LogP) is 5.60. The number of benzene rings is 4. The lowest BCUT2D eigenvalue weighted by Crippen LogP contribution is -2.30. The second-order valence-corrected chi connectivity index (χ2v) is 7.46. The van der Waals surface area contributed by atoms with Crippen molar-refractivity contribution in [2.45, 2.75) is 13.1 Å². The molecule has 0 aromatic heterocycles. The van der Waals surface area contributed by atoms with E-state index in [1.54, 1.807) is 18.1 Å². The van der Waals surface area contributed by atoms with Crippen LogP contribution in [0.25, 0.3) is 10.8 Å². The Morgan fingerprint density at radius 2 is 1.62 bits per heavy atom. The van der Waals surface area contributed by atoms with Crippen LogP contribution in [-0.2, 0) is 13.1 Å². The van der Waals surface area contributed by atoms with Gasteiger partial charge in [0.1, 0.15) is 5.75 Å². The number of rotatable bonds is 7. The molecule has 4 rings (SSSR count). The maximum atomic E-state index is 13.5. The van der Waals surface area contributed by atoms with Gasteiger partial charge in [-0.3, -0.25) is 14.9 Å². The summed E-state index contributed by atoms with van der Waals surface area (Å²) in [5.41, 5.74) is 2.12. The minimum absolute atomic E-state index is 0.106. The maximum absolute atomic E-state index is 13.5. The summed E-state index contributed by atoms with van der Waals surface area (Å²) >= 11 is 0. The second kappa shape index (κ2) is 9.31. The highest BCUT2D eigenvalue weighted by molar-refractivity contribution is 5.95. The van der Waals surface area contributed by atoms with Crippen molar-refractivity contribution >= 4 is 22.4 Å². The number of hydrogen-bond donors (Lipinski definition) is 0. The Balaban J connectivity index is 1.70. The lowest BCUT2D eigenvalue weighted by molar-refractivity contribution is -0.384. The Morgan fingerprint density at radius 1 is 0.906 bits per heavy atom. The van der Waals surface area contributed by atoms with E-state index in [4.69, 9.17) is 4.74 Å². The first-order valence-electron chi connectivity index (χ1n) is 10.2. The van der Waals surface area contributed by atoms with Crippen molar-refractivity contribution in [1.29, 1.82) is 0 Å². The lowest BCUT2D eigenvalue weighted by atomic mass is 10.0. The molecular formula is C26H22N2O4. The number of carbonyl (C=O) groups excluding carboxylic acids is 1. The van der Waals surface area contributed by atoms with E-state index >= 15 is 0 Å². The first-order valence-corrected chi connectivity index (χ1v) is 10.2. The van der Waals surface area contributed by atoms with Gasteiger partial charge in [0.05, 0.1) is 12.0 Å². The average molecular weight is 426 g/mol. The van der Waals surface area contributed by atoms with Gasteiger partial charge in [-0.05, 0) is 40.1 Å². The summed E-state index contributed by atoms with van der Waals surface area (Å²) < 4.78 is 5.23. The van der Waals surface area contributed by atoms with Gasteiger partial charge in [0, 0.05) is 30.8 Å². The van der Waals surface area contributed by atoms with Crippen LogP contribution in [0.5, 0.6) is 5.75 Å². The number of non-ortho nitro benzene ring substituents is 1. The van der Waals surface area contributed by atoms with Gasteiger partial charge >= 0.3 is 0 Å². The molecule has 6 nitrogen and oxygen atoms in total. The molecule has 0 spiro atoms. The molecule has 0 radical (unpaired) electrons. The van der Waals surface area contributed by atoms with Gasteiger partial charge in [-0.15, -0.1) is 0 Å². The number of nitro groups is 1. The lowest BCUT2D eigenvalue weighted by Gasteiger charge is -2.24. The van der Waals surface area contributed by atoms with Gasteiger partial charge < -0.3 is 9.64 Å². The molecule has 0 unspecified atom stereocenters. The first kappa shape index (κ1) is 21.1. The van der Waals surface area contributed by atoms with Crippen molar-refractivity contribution in [1.82, 2.24) is 4.90 Å². The highest BCUT2D eigenvalue weighted by Crippen LogP contribution is 2.23. The van der Waals surface area contributed by atoms with Crippen LogP contribution >= 0.6 is 0 Å².